The van der Waals surface area contributed by atoms with Crippen LogP contribution < -0.4 is 0 Å². The van der Waals surface area contributed by atoms with Crippen LogP contribution in [0.25, 0.3) is 0 Å². The highest BCUT2D eigenvalue weighted by atomic mass is 16.4. The molecule has 0 amide bonds. The number of rotatable bonds is 4. The van der Waals surface area contributed by atoms with Crippen molar-refractivity contribution in [3.05, 3.63) is 24.0 Å². The molecule has 1 heterocycles. The first-order valence-electron chi connectivity index (χ1n) is 6.64. The molecular weight excluding hydrogens is 214 g/mol. The van der Waals surface area contributed by atoms with Gasteiger partial charge in [0, 0.05) is 12.2 Å². The molecule has 94 valence electrons. The molecule has 1 fully saturated rings. The van der Waals surface area contributed by atoms with Crippen molar-refractivity contribution in [2.75, 3.05) is 0 Å². The Kier molecular flexibility index (Phi) is 3.87. The first-order chi connectivity index (χ1) is 8.24. The van der Waals surface area contributed by atoms with Gasteiger partial charge in [0.2, 0.25) is 0 Å². The second kappa shape index (κ2) is 5.39. The number of aromatic nitrogens is 1. The van der Waals surface area contributed by atoms with Crippen LogP contribution in [0.3, 0.4) is 0 Å². The number of carbonyl (C=O) groups is 1. The first-order valence-corrected chi connectivity index (χ1v) is 6.64. The van der Waals surface area contributed by atoms with E-state index in [1.54, 1.807) is 6.07 Å². The third-order valence-electron chi connectivity index (χ3n) is 3.97. The van der Waals surface area contributed by atoms with E-state index in [-0.39, 0.29) is 0 Å². The van der Waals surface area contributed by atoms with Gasteiger partial charge in [0.05, 0.1) is 0 Å². The van der Waals surface area contributed by atoms with Crippen LogP contribution in [0.15, 0.2) is 18.3 Å². The van der Waals surface area contributed by atoms with Crippen molar-refractivity contribution in [2.45, 2.75) is 51.5 Å². The summed E-state index contributed by atoms with van der Waals surface area (Å²) in [5.74, 6) is -0.163. The van der Waals surface area contributed by atoms with Crippen LogP contribution in [0.2, 0.25) is 0 Å². The fourth-order valence-electron chi connectivity index (χ4n) is 3.14. The summed E-state index contributed by atoms with van der Waals surface area (Å²) in [6.07, 6.45) is 9.36. The van der Waals surface area contributed by atoms with Crippen LogP contribution in [0, 0.1) is 5.92 Å². The Morgan fingerprint density at radius 2 is 2.18 bits per heavy atom. The van der Waals surface area contributed by atoms with Crippen molar-refractivity contribution in [3.63, 3.8) is 0 Å². The molecule has 1 saturated carbocycles. The minimum Gasteiger partial charge on any atom is -0.477 e. The van der Waals surface area contributed by atoms with Gasteiger partial charge in [0.15, 0.2) is 0 Å². The number of carboxylic acids is 1. The molecule has 0 bridgehead atoms. The van der Waals surface area contributed by atoms with Gasteiger partial charge >= 0.3 is 5.97 Å². The number of nitrogens with zero attached hydrogens (tertiary/aromatic N) is 1. The fourth-order valence-corrected chi connectivity index (χ4v) is 3.14. The maximum Gasteiger partial charge on any atom is 0.352 e. The quantitative estimate of drug-likeness (QED) is 0.864. The van der Waals surface area contributed by atoms with E-state index in [4.69, 9.17) is 0 Å². The Morgan fingerprint density at radius 1 is 1.47 bits per heavy atom. The zero-order chi connectivity index (χ0) is 12.3. The Balaban J connectivity index is 2.21. The van der Waals surface area contributed by atoms with Crippen LogP contribution in [-0.4, -0.2) is 15.6 Å². The zero-order valence-corrected chi connectivity index (χ0v) is 10.4. The predicted molar refractivity (Wildman–Crippen MR) is 67.3 cm³/mol. The van der Waals surface area contributed by atoms with Crippen LogP contribution in [0.5, 0.6) is 0 Å². The van der Waals surface area contributed by atoms with Gasteiger partial charge in [-0.2, -0.15) is 0 Å². The summed E-state index contributed by atoms with van der Waals surface area (Å²) in [4.78, 5) is 11.2. The van der Waals surface area contributed by atoms with E-state index >= 15 is 0 Å². The Morgan fingerprint density at radius 3 is 2.76 bits per heavy atom. The van der Waals surface area contributed by atoms with Crippen LogP contribution >= 0.6 is 0 Å². The average molecular weight is 235 g/mol. The highest BCUT2D eigenvalue weighted by Crippen LogP contribution is 2.35. The van der Waals surface area contributed by atoms with Crippen molar-refractivity contribution in [2.24, 2.45) is 5.92 Å². The molecule has 3 heteroatoms. The molecule has 1 atom stereocenters. The molecule has 1 N–H and O–H groups in total. The van der Waals surface area contributed by atoms with Gasteiger partial charge in [0.1, 0.15) is 5.69 Å². The molecule has 1 unspecified atom stereocenters. The average Bonchev–Trinajstić information content (AvgIpc) is 2.81. The standard InChI is InChI=1S/C14H21NO2/c1-2-12(11-7-4-3-5-8-11)15-10-6-9-13(15)14(16)17/h6,9-12H,2-5,7-8H2,1H3,(H,16,17). The van der Waals surface area contributed by atoms with Gasteiger partial charge in [-0.1, -0.05) is 26.2 Å². The van der Waals surface area contributed by atoms with E-state index in [1.165, 1.54) is 32.1 Å². The van der Waals surface area contributed by atoms with Crippen LogP contribution in [0.1, 0.15) is 62.0 Å². The molecule has 0 radical (unpaired) electrons. The molecule has 0 aliphatic heterocycles. The molecule has 0 spiro atoms. The number of carboxylic acid groups (broad SMARTS) is 1. The summed E-state index contributed by atoms with van der Waals surface area (Å²) in [7, 11) is 0. The highest BCUT2D eigenvalue weighted by molar-refractivity contribution is 5.85. The maximum atomic E-state index is 11.2. The molecular formula is C14H21NO2. The highest BCUT2D eigenvalue weighted by Gasteiger charge is 2.25. The summed E-state index contributed by atoms with van der Waals surface area (Å²) in [5, 5.41) is 9.18. The van der Waals surface area contributed by atoms with Gasteiger partial charge in [-0.05, 0) is 37.3 Å². The largest absolute Gasteiger partial charge is 0.477 e. The van der Waals surface area contributed by atoms with Gasteiger partial charge in [-0.25, -0.2) is 4.79 Å². The SMILES string of the molecule is CCC(C1CCCCC1)n1cccc1C(=O)O. The van der Waals surface area contributed by atoms with Crippen molar-refractivity contribution < 1.29 is 9.90 Å². The van der Waals surface area contributed by atoms with Gasteiger partial charge in [-0.15, -0.1) is 0 Å². The summed E-state index contributed by atoms with van der Waals surface area (Å²) < 4.78 is 1.97. The monoisotopic (exact) mass is 235 g/mol. The maximum absolute atomic E-state index is 11.2. The Bertz CT molecular complexity index is 377. The zero-order valence-electron chi connectivity index (χ0n) is 10.4. The van der Waals surface area contributed by atoms with E-state index in [0.717, 1.165) is 6.42 Å². The summed E-state index contributed by atoms with van der Waals surface area (Å²) in [5.41, 5.74) is 0.433. The van der Waals surface area contributed by atoms with E-state index in [2.05, 4.69) is 6.92 Å². The minimum atomic E-state index is -0.816. The lowest BCUT2D eigenvalue weighted by atomic mass is 9.82. The summed E-state index contributed by atoms with van der Waals surface area (Å²) >= 11 is 0. The Hall–Kier alpha value is -1.25. The molecule has 2 rings (SSSR count). The molecule has 1 aliphatic rings. The lowest BCUT2D eigenvalue weighted by molar-refractivity contribution is 0.0678. The Labute approximate surface area is 102 Å². The molecule has 17 heavy (non-hydrogen) atoms. The van der Waals surface area contributed by atoms with E-state index in [1.807, 2.05) is 16.8 Å². The molecule has 0 saturated heterocycles. The molecule has 1 aliphatic carbocycles. The minimum absolute atomic E-state index is 0.358. The van der Waals surface area contributed by atoms with Crippen molar-refractivity contribution in [3.8, 4) is 0 Å². The predicted octanol–water partition coefficient (Wildman–Crippen LogP) is 3.72. The van der Waals surface area contributed by atoms with Gasteiger partial charge in [-0.3, -0.25) is 0 Å². The molecule has 0 aromatic carbocycles. The number of hydrogen-bond donors (Lipinski definition) is 1. The van der Waals surface area contributed by atoms with E-state index in [0.29, 0.717) is 17.7 Å². The number of aromatic carboxylic acids is 1. The lowest BCUT2D eigenvalue weighted by Gasteiger charge is -2.31. The van der Waals surface area contributed by atoms with Crippen molar-refractivity contribution in [1.82, 2.24) is 4.57 Å². The second-order valence-electron chi connectivity index (χ2n) is 4.98. The molecule has 3 nitrogen and oxygen atoms in total. The van der Waals surface area contributed by atoms with Gasteiger partial charge < -0.3 is 9.67 Å². The van der Waals surface area contributed by atoms with Crippen LogP contribution in [0.4, 0.5) is 0 Å². The van der Waals surface area contributed by atoms with E-state index < -0.39 is 5.97 Å². The normalized spacial score (nSPS) is 19.1. The first kappa shape index (κ1) is 12.2. The van der Waals surface area contributed by atoms with Crippen molar-refractivity contribution in [1.29, 1.82) is 0 Å². The third-order valence-corrected chi connectivity index (χ3v) is 3.97. The molecule has 1 aromatic heterocycles. The second-order valence-corrected chi connectivity index (χ2v) is 4.98. The summed E-state index contributed by atoms with van der Waals surface area (Å²) in [6, 6.07) is 3.90. The third kappa shape index (κ3) is 2.54. The van der Waals surface area contributed by atoms with E-state index in [9.17, 15) is 9.90 Å². The van der Waals surface area contributed by atoms with Gasteiger partial charge in [0.25, 0.3) is 0 Å². The lowest BCUT2D eigenvalue weighted by Crippen LogP contribution is -2.23. The van der Waals surface area contributed by atoms with Crippen molar-refractivity contribution >= 4 is 5.97 Å². The number of hydrogen-bond acceptors (Lipinski definition) is 1. The topological polar surface area (TPSA) is 42.2 Å². The van der Waals surface area contributed by atoms with Crippen LogP contribution in [-0.2, 0) is 0 Å². The summed E-state index contributed by atoms with van der Waals surface area (Å²) in [6.45, 7) is 2.16. The smallest absolute Gasteiger partial charge is 0.352 e. The fraction of sp³-hybridized carbons (Fsp3) is 0.643. The molecule has 1 aromatic rings.